The number of hydrogen-bond donors (Lipinski definition) is 0. The highest BCUT2D eigenvalue weighted by atomic mass is 32.2. The van der Waals surface area contributed by atoms with Gasteiger partial charge in [0.05, 0.1) is 11.9 Å². The summed E-state index contributed by atoms with van der Waals surface area (Å²) < 4.78 is 41.6. The van der Waals surface area contributed by atoms with Crippen molar-refractivity contribution in [2.45, 2.75) is 64.8 Å². The summed E-state index contributed by atoms with van der Waals surface area (Å²) in [6.45, 7) is 11.2. The van der Waals surface area contributed by atoms with Crippen LogP contribution < -0.4 is 0 Å². The number of rotatable bonds is 6. The van der Waals surface area contributed by atoms with Crippen LogP contribution in [0.15, 0.2) is 12.2 Å². The molecule has 0 radical (unpaired) electrons. The number of hydrogen-bond acceptors (Lipinski definition) is 7. The van der Waals surface area contributed by atoms with Crippen molar-refractivity contribution in [3.05, 3.63) is 12.2 Å². The van der Waals surface area contributed by atoms with Gasteiger partial charge in [0.25, 0.3) is 0 Å². The first-order valence-electron chi connectivity index (χ1n) is 7.85. The third-order valence-corrected chi connectivity index (χ3v) is 5.80. The third kappa shape index (κ3) is 5.04. The average molecular weight is 362 g/mol. The molecular formula is C16H26O7S. The van der Waals surface area contributed by atoms with Crippen molar-refractivity contribution in [3.63, 3.8) is 0 Å². The Kier molecular flexibility index (Phi) is 6.97. The lowest BCUT2D eigenvalue weighted by Gasteiger charge is -2.43. The predicted molar refractivity (Wildman–Crippen MR) is 87.8 cm³/mol. The summed E-state index contributed by atoms with van der Waals surface area (Å²) in [5.41, 5.74) is -0.959. The van der Waals surface area contributed by atoms with E-state index in [4.69, 9.17) is 14.2 Å². The van der Waals surface area contributed by atoms with Gasteiger partial charge in [-0.05, 0) is 13.3 Å². The molecule has 0 aromatic heterocycles. The number of sulfone groups is 1. The molecule has 0 N–H and O–H groups in total. The van der Waals surface area contributed by atoms with Crippen LogP contribution >= 0.6 is 0 Å². The molecule has 5 atom stereocenters. The molecule has 1 heterocycles. The van der Waals surface area contributed by atoms with Gasteiger partial charge in [-0.2, -0.15) is 0 Å². The first kappa shape index (κ1) is 20.6. The van der Waals surface area contributed by atoms with E-state index in [1.807, 2.05) is 6.92 Å². The molecule has 138 valence electrons. The highest BCUT2D eigenvalue weighted by Gasteiger charge is 2.52. The minimum atomic E-state index is -3.80. The molecule has 0 saturated carbocycles. The summed E-state index contributed by atoms with van der Waals surface area (Å²) in [5.74, 6) is -1.86. The Morgan fingerprint density at radius 2 is 1.58 bits per heavy atom. The zero-order valence-electron chi connectivity index (χ0n) is 14.8. The molecule has 0 aromatic rings. The zero-order chi connectivity index (χ0) is 18.7. The van der Waals surface area contributed by atoms with Crippen molar-refractivity contribution in [3.8, 4) is 0 Å². The number of carbonyl (C=O) groups excluding carboxylic acids is 2. The fourth-order valence-electron chi connectivity index (χ4n) is 2.90. The quantitative estimate of drug-likeness (QED) is 0.523. The van der Waals surface area contributed by atoms with Gasteiger partial charge >= 0.3 is 11.9 Å². The van der Waals surface area contributed by atoms with Crippen LogP contribution in [0.25, 0.3) is 0 Å². The Morgan fingerprint density at radius 3 is 2.00 bits per heavy atom. The first-order chi connectivity index (χ1) is 11.0. The van der Waals surface area contributed by atoms with E-state index in [9.17, 15) is 18.0 Å². The first-order valence-corrected chi connectivity index (χ1v) is 9.57. The maximum absolute atomic E-state index is 12.7. The van der Waals surface area contributed by atoms with E-state index in [-0.39, 0.29) is 11.7 Å². The minimum absolute atomic E-state index is 0.299. The number of esters is 2. The van der Waals surface area contributed by atoms with Gasteiger partial charge in [0.15, 0.2) is 21.4 Å². The Balaban J connectivity index is 3.31. The average Bonchev–Trinajstić information content (AvgIpc) is 2.40. The summed E-state index contributed by atoms with van der Waals surface area (Å²) in [6.07, 6.45) is -2.01. The van der Waals surface area contributed by atoms with Crippen LogP contribution in [0.1, 0.15) is 41.0 Å². The van der Waals surface area contributed by atoms with Gasteiger partial charge in [-0.1, -0.05) is 26.0 Å². The van der Waals surface area contributed by atoms with Crippen molar-refractivity contribution in [1.29, 1.82) is 0 Å². The van der Waals surface area contributed by atoms with Gasteiger partial charge in [0.1, 0.15) is 6.10 Å². The van der Waals surface area contributed by atoms with Crippen molar-refractivity contribution >= 4 is 21.8 Å². The minimum Gasteiger partial charge on any atom is -0.458 e. The van der Waals surface area contributed by atoms with Crippen LogP contribution in [0.2, 0.25) is 0 Å². The molecule has 1 rings (SSSR count). The Morgan fingerprint density at radius 1 is 1.08 bits per heavy atom. The molecule has 24 heavy (non-hydrogen) atoms. The second kappa shape index (κ2) is 8.11. The standard InChI is InChI=1S/C16H26O7S/c1-7-13-10(4)14(21-11(5)17)15(22-12(6)18)16(23-13)24(19,20)8-9(2)3/h10,13-16H,2,7-8H2,1,3-6H3/t10-,13-,14+,15+,16?/m1/s1. The van der Waals surface area contributed by atoms with Crippen molar-refractivity contribution in [2.75, 3.05) is 5.75 Å². The van der Waals surface area contributed by atoms with Crippen LogP contribution in [0.4, 0.5) is 0 Å². The van der Waals surface area contributed by atoms with E-state index < -0.39 is 45.5 Å². The Hall–Kier alpha value is -1.41. The molecule has 1 fully saturated rings. The Bertz CT molecular complexity index is 596. The molecule has 7 nitrogen and oxygen atoms in total. The molecule has 0 aromatic carbocycles. The van der Waals surface area contributed by atoms with Gasteiger partial charge < -0.3 is 14.2 Å². The summed E-state index contributed by atoms with van der Waals surface area (Å²) in [4.78, 5) is 22.9. The predicted octanol–water partition coefficient (Wildman–Crippen LogP) is 1.61. The summed E-state index contributed by atoms with van der Waals surface area (Å²) in [7, 11) is -3.80. The van der Waals surface area contributed by atoms with E-state index in [2.05, 4.69) is 6.58 Å². The van der Waals surface area contributed by atoms with Crippen LogP contribution in [0, 0.1) is 5.92 Å². The number of ether oxygens (including phenoxy) is 3. The molecule has 8 heteroatoms. The highest BCUT2D eigenvalue weighted by Crippen LogP contribution is 2.34. The van der Waals surface area contributed by atoms with Gasteiger partial charge in [0.2, 0.25) is 0 Å². The number of carbonyl (C=O) groups is 2. The van der Waals surface area contributed by atoms with Gasteiger partial charge in [-0.25, -0.2) is 8.42 Å². The van der Waals surface area contributed by atoms with Crippen molar-refractivity contribution in [2.24, 2.45) is 5.92 Å². The molecule has 1 aliphatic heterocycles. The largest absolute Gasteiger partial charge is 0.458 e. The fourth-order valence-corrected chi connectivity index (χ4v) is 4.68. The van der Waals surface area contributed by atoms with Gasteiger partial charge in [-0.15, -0.1) is 0 Å². The van der Waals surface area contributed by atoms with E-state index in [1.54, 1.807) is 13.8 Å². The second-order valence-corrected chi connectivity index (χ2v) is 8.30. The van der Waals surface area contributed by atoms with E-state index in [1.165, 1.54) is 13.8 Å². The highest BCUT2D eigenvalue weighted by molar-refractivity contribution is 7.92. The molecule has 0 spiro atoms. The van der Waals surface area contributed by atoms with Crippen LogP contribution in [-0.2, 0) is 33.6 Å². The van der Waals surface area contributed by atoms with Crippen molar-refractivity contribution < 1.29 is 32.2 Å². The normalized spacial score (nSPS) is 30.5. The van der Waals surface area contributed by atoms with Crippen LogP contribution in [0.3, 0.4) is 0 Å². The summed E-state index contributed by atoms with van der Waals surface area (Å²) in [5, 5.41) is 0. The second-order valence-electron chi connectivity index (χ2n) is 6.22. The Labute approximate surface area is 143 Å². The molecule has 1 unspecified atom stereocenters. The van der Waals surface area contributed by atoms with Crippen LogP contribution in [-0.4, -0.2) is 49.9 Å². The van der Waals surface area contributed by atoms with E-state index >= 15 is 0 Å². The maximum atomic E-state index is 12.7. The summed E-state index contributed by atoms with van der Waals surface area (Å²) in [6, 6.07) is 0. The van der Waals surface area contributed by atoms with E-state index in [0.29, 0.717) is 12.0 Å². The smallest absolute Gasteiger partial charge is 0.303 e. The van der Waals surface area contributed by atoms with Crippen molar-refractivity contribution in [1.82, 2.24) is 0 Å². The lowest BCUT2D eigenvalue weighted by atomic mass is 9.89. The SMILES string of the molecule is C=C(C)CS(=O)(=O)C1O[C@H](CC)[C@@H](C)[C@H](OC(C)=O)[C@@H]1OC(C)=O. The van der Waals surface area contributed by atoms with Gasteiger partial charge in [0, 0.05) is 19.8 Å². The van der Waals surface area contributed by atoms with Crippen LogP contribution in [0.5, 0.6) is 0 Å². The molecule has 0 aliphatic carbocycles. The molecular weight excluding hydrogens is 336 g/mol. The monoisotopic (exact) mass is 362 g/mol. The van der Waals surface area contributed by atoms with E-state index in [0.717, 1.165) is 0 Å². The summed E-state index contributed by atoms with van der Waals surface area (Å²) >= 11 is 0. The molecule has 0 bridgehead atoms. The fraction of sp³-hybridized carbons (Fsp3) is 0.750. The lowest BCUT2D eigenvalue weighted by Crippen LogP contribution is -2.59. The zero-order valence-corrected chi connectivity index (χ0v) is 15.6. The molecule has 1 aliphatic rings. The topological polar surface area (TPSA) is 96.0 Å². The maximum Gasteiger partial charge on any atom is 0.303 e. The molecule has 1 saturated heterocycles. The molecule has 0 amide bonds. The third-order valence-electron chi connectivity index (χ3n) is 3.81. The van der Waals surface area contributed by atoms with Gasteiger partial charge in [-0.3, -0.25) is 9.59 Å². The lowest BCUT2D eigenvalue weighted by molar-refractivity contribution is -0.208.